The molecule has 0 saturated carbocycles. The second kappa shape index (κ2) is 6.69. The molecule has 6 heteroatoms. The topological polar surface area (TPSA) is 108 Å². The van der Waals surface area contributed by atoms with Gasteiger partial charge in [0, 0.05) is 12.6 Å². The fourth-order valence-corrected chi connectivity index (χ4v) is 2.06. The molecule has 1 fully saturated rings. The van der Waals surface area contributed by atoms with Crippen LogP contribution in [-0.2, 0) is 20.7 Å². The Morgan fingerprint density at radius 1 is 1.45 bits per heavy atom. The van der Waals surface area contributed by atoms with Crippen LogP contribution in [0.15, 0.2) is 24.3 Å². The molecule has 1 aliphatic rings. The van der Waals surface area contributed by atoms with Gasteiger partial charge >= 0.3 is 5.97 Å². The van der Waals surface area contributed by atoms with Crippen LogP contribution in [0, 0.1) is 0 Å². The minimum absolute atomic E-state index is 0.176. The molecule has 110 valence electrons. The zero-order chi connectivity index (χ0) is 14.5. The van der Waals surface area contributed by atoms with Crippen LogP contribution in [0.3, 0.4) is 0 Å². The lowest BCUT2D eigenvalue weighted by molar-refractivity contribution is -0.158. The predicted molar refractivity (Wildman–Crippen MR) is 73.1 cm³/mol. The van der Waals surface area contributed by atoms with Gasteiger partial charge < -0.3 is 26.0 Å². The zero-order valence-corrected chi connectivity index (χ0v) is 11.2. The zero-order valence-electron chi connectivity index (χ0n) is 11.2. The number of phenols is 1. The predicted octanol–water partition coefficient (Wildman–Crippen LogP) is -0.0786. The van der Waals surface area contributed by atoms with Crippen molar-refractivity contribution in [2.24, 2.45) is 11.5 Å². The van der Waals surface area contributed by atoms with Crippen LogP contribution in [0.2, 0.25) is 0 Å². The van der Waals surface area contributed by atoms with Gasteiger partial charge in [-0.3, -0.25) is 4.79 Å². The molecule has 0 amide bonds. The standard InChI is InChI=1S/C14H20N2O4/c15-11-5-6-19-8-13(11)20-14(18)12(16)7-9-1-3-10(17)4-2-9/h1-4,11-13,17H,5-8,15-16H2/t11-,12-,13+/m0/s1. The summed E-state index contributed by atoms with van der Waals surface area (Å²) >= 11 is 0. The maximum atomic E-state index is 11.9. The van der Waals surface area contributed by atoms with E-state index >= 15 is 0 Å². The third kappa shape index (κ3) is 3.93. The minimum atomic E-state index is -0.756. The molecule has 0 radical (unpaired) electrons. The SMILES string of the molecule is N[C@@H](Cc1ccc(O)cc1)C(=O)O[C@@H]1COCC[C@@H]1N. The highest BCUT2D eigenvalue weighted by molar-refractivity contribution is 5.76. The van der Waals surface area contributed by atoms with Gasteiger partial charge in [0.1, 0.15) is 17.9 Å². The normalized spacial score (nSPS) is 24.1. The van der Waals surface area contributed by atoms with Crippen LogP contribution in [0.25, 0.3) is 0 Å². The second-order valence-corrected chi connectivity index (χ2v) is 4.98. The number of carbonyl (C=O) groups excluding carboxylic acids is 1. The Morgan fingerprint density at radius 3 is 2.80 bits per heavy atom. The molecule has 2 rings (SSSR count). The van der Waals surface area contributed by atoms with Crippen molar-refractivity contribution in [3.8, 4) is 5.75 Å². The number of hydrogen-bond acceptors (Lipinski definition) is 6. The Kier molecular flexibility index (Phi) is 4.94. The Bertz CT molecular complexity index is 449. The van der Waals surface area contributed by atoms with Crippen LogP contribution in [-0.4, -0.2) is 42.5 Å². The van der Waals surface area contributed by atoms with E-state index in [1.165, 1.54) is 0 Å². The molecule has 0 aromatic heterocycles. The number of hydrogen-bond donors (Lipinski definition) is 3. The Hall–Kier alpha value is -1.63. The first-order valence-corrected chi connectivity index (χ1v) is 6.63. The van der Waals surface area contributed by atoms with Crippen molar-refractivity contribution in [1.29, 1.82) is 0 Å². The summed E-state index contributed by atoms with van der Waals surface area (Å²) < 4.78 is 10.5. The van der Waals surface area contributed by atoms with Gasteiger partial charge in [0.2, 0.25) is 0 Å². The van der Waals surface area contributed by atoms with Crippen molar-refractivity contribution < 1.29 is 19.4 Å². The number of nitrogens with two attached hydrogens (primary N) is 2. The molecule has 0 bridgehead atoms. The van der Waals surface area contributed by atoms with Crippen molar-refractivity contribution >= 4 is 5.97 Å². The smallest absolute Gasteiger partial charge is 0.323 e. The monoisotopic (exact) mass is 280 g/mol. The lowest BCUT2D eigenvalue weighted by Crippen LogP contribution is -2.48. The van der Waals surface area contributed by atoms with E-state index in [4.69, 9.17) is 20.9 Å². The van der Waals surface area contributed by atoms with E-state index in [-0.39, 0.29) is 11.8 Å². The van der Waals surface area contributed by atoms with E-state index in [0.717, 1.165) is 5.56 Å². The lowest BCUT2D eigenvalue weighted by Gasteiger charge is -2.29. The van der Waals surface area contributed by atoms with Crippen LogP contribution in [0.1, 0.15) is 12.0 Å². The first-order valence-electron chi connectivity index (χ1n) is 6.63. The maximum absolute atomic E-state index is 11.9. The van der Waals surface area contributed by atoms with E-state index in [1.54, 1.807) is 24.3 Å². The molecule has 0 spiro atoms. The van der Waals surface area contributed by atoms with Gasteiger partial charge in [-0.15, -0.1) is 0 Å². The first kappa shape index (κ1) is 14.8. The summed E-state index contributed by atoms with van der Waals surface area (Å²) in [5, 5.41) is 9.19. The van der Waals surface area contributed by atoms with E-state index in [0.29, 0.717) is 26.1 Å². The molecule has 20 heavy (non-hydrogen) atoms. The molecule has 0 aliphatic carbocycles. The number of phenolic OH excluding ortho intramolecular Hbond substituents is 1. The molecular weight excluding hydrogens is 260 g/mol. The van der Waals surface area contributed by atoms with Crippen molar-refractivity contribution in [2.45, 2.75) is 31.0 Å². The lowest BCUT2D eigenvalue weighted by atomic mass is 10.1. The first-order chi connectivity index (χ1) is 9.56. The molecule has 1 aromatic rings. The van der Waals surface area contributed by atoms with Gasteiger partial charge in [-0.25, -0.2) is 0 Å². The molecule has 3 atom stereocenters. The maximum Gasteiger partial charge on any atom is 0.323 e. The van der Waals surface area contributed by atoms with Crippen molar-refractivity contribution in [2.75, 3.05) is 13.2 Å². The molecule has 1 aromatic carbocycles. The average molecular weight is 280 g/mol. The fraction of sp³-hybridized carbons (Fsp3) is 0.500. The van der Waals surface area contributed by atoms with Crippen molar-refractivity contribution in [3.05, 3.63) is 29.8 Å². The summed E-state index contributed by atoms with van der Waals surface area (Å²) in [7, 11) is 0. The fourth-order valence-electron chi connectivity index (χ4n) is 2.06. The molecular formula is C14H20N2O4. The highest BCUT2D eigenvalue weighted by atomic mass is 16.6. The summed E-state index contributed by atoms with van der Waals surface area (Å²) in [4.78, 5) is 11.9. The summed E-state index contributed by atoms with van der Waals surface area (Å²) in [5.74, 6) is -0.306. The van der Waals surface area contributed by atoms with Crippen LogP contribution in [0.4, 0.5) is 0 Å². The molecule has 0 unspecified atom stereocenters. The van der Waals surface area contributed by atoms with E-state index in [1.807, 2.05) is 0 Å². The molecule has 1 saturated heterocycles. The Labute approximate surface area is 117 Å². The summed E-state index contributed by atoms with van der Waals surface area (Å²) in [6.07, 6.45) is 0.592. The molecule has 5 N–H and O–H groups in total. The summed E-state index contributed by atoms with van der Waals surface area (Å²) in [6.45, 7) is 0.910. The number of benzene rings is 1. The van der Waals surface area contributed by atoms with Crippen molar-refractivity contribution in [1.82, 2.24) is 0 Å². The minimum Gasteiger partial charge on any atom is -0.508 e. The van der Waals surface area contributed by atoms with Gasteiger partial charge in [-0.2, -0.15) is 0 Å². The van der Waals surface area contributed by atoms with Gasteiger partial charge in [-0.1, -0.05) is 12.1 Å². The highest BCUT2D eigenvalue weighted by Crippen LogP contribution is 2.13. The number of carbonyl (C=O) groups is 1. The number of esters is 1. The molecule has 1 heterocycles. The molecule has 6 nitrogen and oxygen atoms in total. The van der Waals surface area contributed by atoms with Crippen LogP contribution < -0.4 is 11.5 Å². The van der Waals surface area contributed by atoms with E-state index < -0.39 is 18.1 Å². The van der Waals surface area contributed by atoms with E-state index in [2.05, 4.69) is 0 Å². The Balaban J connectivity index is 1.86. The largest absolute Gasteiger partial charge is 0.508 e. The van der Waals surface area contributed by atoms with Gasteiger partial charge in [-0.05, 0) is 30.5 Å². The summed E-state index contributed by atoms with van der Waals surface area (Å²) in [6, 6.07) is 5.59. The third-order valence-corrected chi connectivity index (χ3v) is 3.32. The van der Waals surface area contributed by atoms with Crippen LogP contribution >= 0.6 is 0 Å². The number of rotatable bonds is 4. The van der Waals surface area contributed by atoms with E-state index in [9.17, 15) is 9.90 Å². The average Bonchev–Trinajstić information content (AvgIpc) is 2.44. The van der Waals surface area contributed by atoms with Gasteiger partial charge in [0.25, 0.3) is 0 Å². The quantitative estimate of drug-likeness (QED) is 0.666. The second-order valence-electron chi connectivity index (χ2n) is 4.98. The number of aromatic hydroxyl groups is 1. The Morgan fingerprint density at radius 2 is 2.15 bits per heavy atom. The van der Waals surface area contributed by atoms with Crippen molar-refractivity contribution in [3.63, 3.8) is 0 Å². The molecule has 1 aliphatic heterocycles. The summed E-state index contributed by atoms with van der Waals surface area (Å²) in [5.41, 5.74) is 12.6. The van der Waals surface area contributed by atoms with Gasteiger partial charge in [0.05, 0.1) is 6.61 Å². The number of ether oxygens (including phenoxy) is 2. The van der Waals surface area contributed by atoms with Gasteiger partial charge in [0.15, 0.2) is 0 Å². The third-order valence-electron chi connectivity index (χ3n) is 3.32. The highest BCUT2D eigenvalue weighted by Gasteiger charge is 2.28. The van der Waals surface area contributed by atoms with Crippen LogP contribution in [0.5, 0.6) is 5.75 Å².